The molecule has 2 rings (SSSR count). The molecule has 0 saturated heterocycles. The van der Waals surface area contributed by atoms with Crippen molar-refractivity contribution in [2.45, 2.75) is 45.1 Å². The maximum atomic E-state index is 12.5. The van der Waals surface area contributed by atoms with E-state index in [-0.39, 0.29) is 12.5 Å². The maximum Gasteiger partial charge on any atom is 0.264 e. The molecular formula is C14H21NO2S. The van der Waals surface area contributed by atoms with E-state index in [1.165, 1.54) is 17.7 Å². The van der Waals surface area contributed by atoms with Crippen LogP contribution in [0.1, 0.15) is 47.2 Å². The lowest BCUT2D eigenvalue weighted by Crippen LogP contribution is -2.40. The van der Waals surface area contributed by atoms with Crippen molar-refractivity contribution in [3.8, 4) is 0 Å². The predicted octanol–water partition coefficient (Wildman–Crippen LogP) is 2.69. The Kier molecular flexibility index (Phi) is 4.78. The van der Waals surface area contributed by atoms with Crippen molar-refractivity contribution < 1.29 is 9.90 Å². The van der Waals surface area contributed by atoms with Crippen LogP contribution in [0.3, 0.4) is 0 Å². The molecule has 1 aromatic rings. The third-order valence-electron chi connectivity index (χ3n) is 3.59. The van der Waals surface area contributed by atoms with Gasteiger partial charge in [0.1, 0.15) is 0 Å². The highest BCUT2D eigenvalue weighted by molar-refractivity contribution is 7.14. The van der Waals surface area contributed by atoms with Gasteiger partial charge in [-0.1, -0.05) is 19.8 Å². The van der Waals surface area contributed by atoms with Gasteiger partial charge in [0.05, 0.1) is 11.5 Å². The molecule has 0 radical (unpaired) electrons. The Morgan fingerprint density at radius 3 is 2.72 bits per heavy atom. The number of aliphatic hydroxyl groups is 1. The summed E-state index contributed by atoms with van der Waals surface area (Å²) in [7, 11) is 0. The van der Waals surface area contributed by atoms with Crippen molar-refractivity contribution in [2.24, 2.45) is 0 Å². The van der Waals surface area contributed by atoms with E-state index in [9.17, 15) is 4.79 Å². The molecule has 1 aliphatic rings. The van der Waals surface area contributed by atoms with Crippen LogP contribution in [0.4, 0.5) is 0 Å². The number of nitrogens with zero attached hydrogens (tertiary/aromatic N) is 1. The van der Waals surface area contributed by atoms with Gasteiger partial charge in [-0.3, -0.25) is 4.79 Å². The summed E-state index contributed by atoms with van der Waals surface area (Å²) in [5.74, 6) is 0.0978. The van der Waals surface area contributed by atoms with Crippen LogP contribution < -0.4 is 0 Å². The molecule has 0 atom stereocenters. The second-order valence-corrected chi connectivity index (χ2v) is 5.95. The molecule has 0 spiro atoms. The summed E-state index contributed by atoms with van der Waals surface area (Å²) in [4.78, 5) is 16.4. The number of carbonyl (C=O) groups excluding carboxylic acids is 1. The van der Waals surface area contributed by atoms with Crippen LogP contribution in [0, 0.1) is 0 Å². The minimum atomic E-state index is 0.0499. The van der Waals surface area contributed by atoms with Gasteiger partial charge in [0.25, 0.3) is 5.91 Å². The first-order valence-corrected chi connectivity index (χ1v) is 7.58. The van der Waals surface area contributed by atoms with Crippen LogP contribution >= 0.6 is 11.3 Å². The molecule has 0 aliphatic heterocycles. The number of hydrogen-bond donors (Lipinski definition) is 1. The van der Waals surface area contributed by atoms with Gasteiger partial charge in [-0.15, -0.1) is 11.3 Å². The number of thiophene rings is 1. The minimum Gasteiger partial charge on any atom is -0.395 e. The molecule has 1 saturated carbocycles. The fourth-order valence-electron chi connectivity index (χ4n) is 2.60. The van der Waals surface area contributed by atoms with E-state index in [1.807, 2.05) is 17.0 Å². The summed E-state index contributed by atoms with van der Waals surface area (Å²) in [5.41, 5.74) is 0. The van der Waals surface area contributed by atoms with Crippen molar-refractivity contribution >= 4 is 17.2 Å². The third kappa shape index (κ3) is 2.93. The summed E-state index contributed by atoms with van der Waals surface area (Å²) in [6.45, 7) is 2.61. The van der Waals surface area contributed by atoms with Gasteiger partial charge in [-0.25, -0.2) is 0 Å². The highest BCUT2D eigenvalue weighted by Gasteiger charge is 2.27. The normalized spacial score (nSPS) is 16.1. The Hall–Kier alpha value is -0.870. The molecule has 1 heterocycles. The number of hydrogen-bond acceptors (Lipinski definition) is 3. The van der Waals surface area contributed by atoms with Crippen LogP contribution in [0.15, 0.2) is 12.1 Å². The van der Waals surface area contributed by atoms with Gasteiger partial charge in [0.2, 0.25) is 0 Å². The van der Waals surface area contributed by atoms with Gasteiger partial charge in [-0.2, -0.15) is 0 Å². The van der Waals surface area contributed by atoms with Gasteiger partial charge in [0.15, 0.2) is 0 Å². The van der Waals surface area contributed by atoms with Crippen LogP contribution in [-0.2, 0) is 6.42 Å². The van der Waals surface area contributed by atoms with Gasteiger partial charge < -0.3 is 10.0 Å². The van der Waals surface area contributed by atoms with Crippen LogP contribution in [0.5, 0.6) is 0 Å². The predicted molar refractivity (Wildman–Crippen MR) is 74.1 cm³/mol. The molecule has 1 N–H and O–H groups in total. The number of aryl methyl sites for hydroxylation is 1. The summed E-state index contributed by atoms with van der Waals surface area (Å²) >= 11 is 1.58. The van der Waals surface area contributed by atoms with E-state index in [4.69, 9.17) is 5.11 Å². The van der Waals surface area contributed by atoms with Crippen LogP contribution in [-0.4, -0.2) is 35.1 Å². The standard InChI is InChI=1S/C14H21NO2S/c1-2-12-7-8-13(18-12)14(17)15(9-10-16)11-5-3-4-6-11/h7-8,11,16H,2-6,9-10H2,1H3. The average molecular weight is 267 g/mol. The molecule has 18 heavy (non-hydrogen) atoms. The van der Waals surface area contributed by atoms with Crippen molar-refractivity contribution in [1.29, 1.82) is 0 Å². The summed E-state index contributed by atoms with van der Waals surface area (Å²) in [6, 6.07) is 4.28. The molecule has 1 aromatic heterocycles. The Morgan fingerprint density at radius 1 is 1.44 bits per heavy atom. The highest BCUT2D eigenvalue weighted by Crippen LogP contribution is 2.26. The number of aliphatic hydroxyl groups excluding tert-OH is 1. The molecule has 1 fully saturated rings. The summed E-state index contributed by atoms with van der Waals surface area (Å²) in [6.07, 6.45) is 5.53. The Bertz CT molecular complexity index is 396. The molecule has 1 amide bonds. The molecule has 0 unspecified atom stereocenters. The topological polar surface area (TPSA) is 40.5 Å². The maximum absolute atomic E-state index is 12.5. The van der Waals surface area contributed by atoms with Gasteiger partial charge in [-0.05, 0) is 31.4 Å². The molecule has 3 nitrogen and oxygen atoms in total. The van der Waals surface area contributed by atoms with E-state index in [2.05, 4.69) is 6.92 Å². The zero-order chi connectivity index (χ0) is 13.0. The van der Waals surface area contributed by atoms with E-state index in [0.717, 1.165) is 24.1 Å². The second kappa shape index (κ2) is 6.34. The zero-order valence-corrected chi connectivity index (χ0v) is 11.7. The summed E-state index contributed by atoms with van der Waals surface area (Å²) in [5, 5.41) is 9.15. The number of rotatable bonds is 5. The Morgan fingerprint density at radius 2 is 2.17 bits per heavy atom. The monoisotopic (exact) mass is 267 g/mol. The van der Waals surface area contributed by atoms with Crippen LogP contribution in [0.25, 0.3) is 0 Å². The Labute approximate surface area is 112 Å². The third-order valence-corrected chi connectivity index (χ3v) is 4.81. The first-order chi connectivity index (χ1) is 8.76. The molecule has 1 aliphatic carbocycles. The fraction of sp³-hybridized carbons (Fsp3) is 0.643. The van der Waals surface area contributed by atoms with E-state index in [1.54, 1.807) is 11.3 Å². The van der Waals surface area contributed by atoms with Gasteiger partial charge >= 0.3 is 0 Å². The van der Waals surface area contributed by atoms with Crippen molar-refractivity contribution in [3.05, 3.63) is 21.9 Å². The SMILES string of the molecule is CCc1ccc(C(=O)N(CCO)C2CCCC2)s1. The molecule has 100 valence electrons. The highest BCUT2D eigenvalue weighted by atomic mass is 32.1. The lowest BCUT2D eigenvalue weighted by atomic mass is 10.2. The first-order valence-electron chi connectivity index (χ1n) is 6.76. The minimum absolute atomic E-state index is 0.0499. The van der Waals surface area contributed by atoms with Crippen LogP contribution in [0.2, 0.25) is 0 Å². The number of carbonyl (C=O) groups is 1. The van der Waals surface area contributed by atoms with Crippen molar-refractivity contribution in [2.75, 3.05) is 13.2 Å². The molecule has 0 aromatic carbocycles. The quantitative estimate of drug-likeness (QED) is 0.891. The lowest BCUT2D eigenvalue weighted by molar-refractivity contribution is 0.0643. The molecular weight excluding hydrogens is 246 g/mol. The van der Waals surface area contributed by atoms with Crippen molar-refractivity contribution in [1.82, 2.24) is 4.90 Å². The smallest absolute Gasteiger partial charge is 0.264 e. The average Bonchev–Trinajstić information content (AvgIpc) is 3.05. The summed E-state index contributed by atoms with van der Waals surface area (Å²) < 4.78 is 0. The van der Waals surface area contributed by atoms with E-state index in [0.29, 0.717) is 12.6 Å². The van der Waals surface area contributed by atoms with E-state index >= 15 is 0 Å². The molecule has 4 heteroatoms. The molecule has 0 bridgehead atoms. The first kappa shape index (κ1) is 13.6. The second-order valence-electron chi connectivity index (χ2n) is 4.78. The van der Waals surface area contributed by atoms with E-state index < -0.39 is 0 Å². The van der Waals surface area contributed by atoms with Crippen molar-refractivity contribution in [3.63, 3.8) is 0 Å². The lowest BCUT2D eigenvalue weighted by Gasteiger charge is -2.27. The zero-order valence-electron chi connectivity index (χ0n) is 10.9. The fourth-order valence-corrected chi connectivity index (χ4v) is 3.50. The Balaban J connectivity index is 2.11. The van der Waals surface area contributed by atoms with Gasteiger partial charge in [0, 0.05) is 17.5 Å². The largest absolute Gasteiger partial charge is 0.395 e. The number of amides is 1.